The van der Waals surface area contributed by atoms with Crippen molar-refractivity contribution in [3.8, 4) is 0 Å². The Kier molecular flexibility index (Phi) is 3.72. The Morgan fingerprint density at radius 2 is 1.79 bits per heavy atom. The van der Waals surface area contributed by atoms with Gasteiger partial charge in [0.2, 0.25) is 17.7 Å². The molecule has 0 spiro atoms. The number of amides is 3. The van der Waals surface area contributed by atoms with E-state index in [-0.39, 0.29) is 47.9 Å². The van der Waals surface area contributed by atoms with Crippen LogP contribution < -0.4 is 5.32 Å². The van der Waals surface area contributed by atoms with Crippen molar-refractivity contribution in [3.05, 3.63) is 36.4 Å². The molecular weight excluding hydrogens is 324 g/mol. The Morgan fingerprint density at radius 3 is 2.42 bits per heavy atom. The Morgan fingerprint density at radius 1 is 1.17 bits per heavy atom. The molecule has 24 heavy (non-hydrogen) atoms. The lowest BCUT2D eigenvalue weighted by Crippen LogP contribution is -2.39. The molecule has 2 bridgehead atoms. The van der Waals surface area contributed by atoms with Crippen LogP contribution in [0.4, 0.5) is 5.69 Å². The topological polar surface area (TPSA) is 66.5 Å². The van der Waals surface area contributed by atoms with E-state index in [1.54, 1.807) is 0 Å². The molecule has 5 nitrogen and oxygen atoms in total. The molecule has 6 heteroatoms. The lowest BCUT2D eigenvalue weighted by atomic mass is 9.85. The number of allylic oxidation sites excluding steroid dienone is 2. The molecule has 3 amide bonds. The number of hydrogen-bond acceptors (Lipinski definition) is 4. The van der Waals surface area contributed by atoms with Crippen LogP contribution in [-0.4, -0.2) is 35.4 Å². The van der Waals surface area contributed by atoms with Crippen molar-refractivity contribution in [2.45, 2.75) is 11.3 Å². The van der Waals surface area contributed by atoms with Crippen LogP contribution >= 0.6 is 11.8 Å². The van der Waals surface area contributed by atoms with E-state index in [9.17, 15) is 14.4 Å². The van der Waals surface area contributed by atoms with Crippen LogP contribution in [0.5, 0.6) is 0 Å². The van der Waals surface area contributed by atoms with Crippen molar-refractivity contribution in [1.82, 2.24) is 4.90 Å². The van der Waals surface area contributed by atoms with Crippen LogP contribution in [0.1, 0.15) is 6.42 Å². The second kappa shape index (κ2) is 5.77. The molecular formula is C18H18N2O3S. The zero-order chi connectivity index (χ0) is 16.8. The molecule has 0 radical (unpaired) electrons. The minimum absolute atomic E-state index is 0.168. The number of imide groups is 1. The van der Waals surface area contributed by atoms with Crippen molar-refractivity contribution in [3.63, 3.8) is 0 Å². The maximum Gasteiger partial charge on any atom is 0.244 e. The van der Waals surface area contributed by atoms with Crippen LogP contribution in [-0.2, 0) is 14.4 Å². The number of benzene rings is 1. The Balaban J connectivity index is 1.47. The van der Waals surface area contributed by atoms with Gasteiger partial charge in [0.15, 0.2) is 0 Å². The average molecular weight is 342 g/mol. The van der Waals surface area contributed by atoms with Gasteiger partial charge in [-0.3, -0.25) is 19.3 Å². The van der Waals surface area contributed by atoms with Crippen LogP contribution in [0.3, 0.4) is 0 Å². The molecule has 4 unspecified atom stereocenters. The SMILES string of the molecule is CSc1ccccc1NC(=O)CN1C(=O)C2C3C=CC(C3)C2C1=O. The van der Waals surface area contributed by atoms with Crippen molar-refractivity contribution in [2.24, 2.45) is 23.7 Å². The normalized spacial score (nSPS) is 30.1. The summed E-state index contributed by atoms with van der Waals surface area (Å²) in [6, 6.07) is 7.48. The first-order valence-corrected chi connectivity index (χ1v) is 9.29. The third-order valence-electron chi connectivity index (χ3n) is 5.24. The maximum atomic E-state index is 12.6. The smallest absolute Gasteiger partial charge is 0.244 e. The number of anilines is 1. The fourth-order valence-corrected chi connectivity index (χ4v) is 4.75. The van der Waals surface area contributed by atoms with E-state index >= 15 is 0 Å². The quantitative estimate of drug-likeness (QED) is 0.517. The predicted molar refractivity (Wildman–Crippen MR) is 91.3 cm³/mol. The Bertz CT molecular complexity index is 730. The van der Waals surface area contributed by atoms with E-state index in [0.717, 1.165) is 16.2 Å². The Labute approximate surface area is 144 Å². The summed E-state index contributed by atoms with van der Waals surface area (Å²) in [5, 5.41) is 2.81. The van der Waals surface area contributed by atoms with Gasteiger partial charge in [-0.25, -0.2) is 0 Å². The summed E-state index contributed by atoms with van der Waals surface area (Å²) in [5.41, 5.74) is 0.705. The minimum atomic E-state index is -0.335. The first kappa shape index (κ1) is 15.4. The molecule has 124 valence electrons. The highest BCUT2D eigenvalue weighted by molar-refractivity contribution is 7.98. The molecule has 3 aliphatic rings. The summed E-state index contributed by atoms with van der Waals surface area (Å²) in [5.74, 6) is -0.871. The van der Waals surface area contributed by atoms with Crippen molar-refractivity contribution in [1.29, 1.82) is 0 Å². The number of nitrogens with one attached hydrogen (secondary N) is 1. The number of fused-ring (bicyclic) bond motifs is 5. The summed E-state index contributed by atoms with van der Waals surface area (Å²) in [6.07, 6.45) is 6.93. The van der Waals surface area contributed by atoms with Crippen LogP contribution in [0.15, 0.2) is 41.3 Å². The summed E-state index contributed by atoms with van der Waals surface area (Å²) >= 11 is 1.53. The number of hydrogen-bond donors (Lipinski definition) is 1. The first-order chi connectivity index (χ1) is 11.6. The zero-order valence-electron chi connectivity index (χ0n) is 13.3. The fraction of sp³-hybridized carbons (Fsp3) is 0.389. The van der Waals surface area contributed by atoms with Crippen LogP contribution in [0, 0.1) is 23.7 Å². The number of carbonyl (C=O) groups is 3. The maximum absolute atomic E-state index is 12.6. The van der Waals surface area contributed by atoms with Crippen LogP contribution in [0.25, 0.3) is 0 Å². The third kappa shape index (κ3) is 2.28. The molecule has 1 aliphatic heterocycles. The van der Waals surface area contributed by atoms with Gasteiger partial charge in [-0.15, -0.1) is 11.8 Å². The molecule has 4 rings (SSSR count). The third-order valence-corrected chi connectivity index (χ3v) is 6.04. The molecule has 1 heterocycles. The van der Waals surface area contributed by atoms with Gasteiger partial charge >= 0.3 is 0 Å². The number of nitrogens with zero attached hydrogens (tertiary/aromatic N) is 1. The first-order valence-electron chi connectivity index (χ1n) is 8.06. The van der Waals surface area contributed by atoms with Crippen molar-refractivity contribution in [2.75, 3.05) is 18.1 Å². The molecule has 0 aromatic heterocycles. The molecule has 1 saturated heterocycles. The van der Waals surface area contributed by atoms with E-state index in [0.29, 0.717) is 5.69 Å². The summed E-state index contributed by atoms with van der Waals surface area (Å²) < 4.78 is 0. The highest BCUT2D eigenvalue weighted by Gasteiger charge is 2.59. The highest BCUT2D eigenvalue weighted by atomic mass is 32.2. The monoisotopic (exact) mass is 342 g/mol. The molecule has 4 atom stereocenters. The summed E-state index contributed by atoms with van der Waals surface area (Å²) in [7, 11) is 0. The van der Waals surface area contributed by atoms with E-state index in [1.807, 2.05) is 30.5 Å². The average Bonchev–Trinajstić information content (AvgIpc) is 3.25. The van der Waals surface area contributed by atoms with Crippen molar-refractivity contribution < 1.29 is 14.4 Å². The summed E-state index contributed by atoms with van der Waals surface area (Å²) in [6.45, 7) is -0.202. The van der Waals surface area contributed by atoms with Gasteiger partial charge in [0.1, 0.15) is 6.54 Å². The van der Waals surface area contributed by atoms with E-state index in [1.165, 1.54) is 11.8 Å². The fourth-order valence-electron chi connectivity index (χ4n) is 4.20. The van der Waals surface area contributed by atoms with E-state index < -0.39 is 0 Å². The number of likely N-dealkylation sites (tertiary alicyclic amines) is 1. The second-order valence-electron chi connectivity index (χ2n) is 6.51. The lowest BCUT2D eigenvalue weighted by Gasteiger charge is -2.17. The Hall–Kier alpha value is -2.08. The predicted octanol–water partition coefficient (Wildman–Crippen LogP) is 2.15. The molecule has 1 aromatic carbocycles. The number of rotatable bonds is 4. The minimum Gasteiger partial charge on any atom is -0.324 e. The van der Waals surface area contributed by atoms with Gasteiger partial charge in [-0.05, 0) is 36.6 Å². The highest BCUT2D eigenvalue weighted by Crippen LogP contribution is 2.52. The molecule has 1 N–H and O–H groups in total. The van der Waals surface area contributed by atoms with Crippen molar-refractivity contribution >= 4 is 35.2 Å². The van der Waals surface area contributed by atoms with Gasteiger partial charge < -0.3 is 5.32 Å². The number of thioether (sulfide) groups is 1. The number of carbonyl (C=O) groups excluding carboxylic acids is 3. The standard InChI is InChI=1S/C18H18N2O3S/c1-24-13-5-3-2-4-12(13)19-14(21)9-20-17(22)15-10-6-7-11(8-10)16(15)18(20)23/h2-7,10-11,15-16H,8-9H2,1H3,(H,19,21). The van der Waals surface area contributed by atoms with Gasteiger partial charge in [0, 0.05) is 4.90 Å². The second-order valence-corrected chi connectivity index (χ2v) is 7.36. The number of para-hydroxylation sites is 1. The van der Waals surface area contributed by atoms with Gasteiger partial charge in [-0.2, -0.15) is 0 Å². The molecule has 1 saturated carbocycles. The summed E-state index contributed by atoms with van der Waals surface area (Å²) in [4.78, 5) is 39.6. The van der Waals surface area contributed by atoms with Gasteiger partial charge in [0.25, 0.3) is 0 Å². The van der Waals surface area contributed by atoms with Crippen LogP contribution in [0.2, 0.25) is 0 Å². The largest absolute Gasteiger partial charge is 0.324 e. The molecule has 1 aromatic rings. The van der Waals surface area contributed by atoms with Gasteiger partial charge in [0.05, 0.1) is 17.5 Å². The van der Waals surface area contributed by atoms with E-state index in [2.05, 4.69) is 17.5 Å². The molecule has 2 fully saturated rings. The van der Waals surface area contributed by atoms with E-state index in [4.69, 9.17) is 0 Å². The molecule has 2 aliphatic carbocycles. The van der Waals surface area contributed by atoms with Gasteiger partial charge in [-0.1, -0.05) is 24.3 Å². The zero-order valence-corrected chi connectivity index (χ0v) is 14.1. The lowest BCUT2D eigenvalue weighted by molar-refractivity contribution is -0.143.